The van der Waals surface area contributed by atoms with E-state index in [9.17, 15) is 9.59 Å². The summed E-state index contributed by atoms with van der Waals surface area (Å²) in [6.45, 7) is 1.47. The van der Waals surface area contributed by atoms with Crippen LogP contribution in [0.25, 0.3) is 0 Å². The fourth-order valence-corrected chi connectivity index (χ4v) is 6.33. The molecule has 2 amide bonds. The first-order chi connectivity index (χ1) is 11.4. The Kier molecular flexibility index (Phi) is 4.49. The smallest absolute Gasteiger partial charge is 0.253 e. The van der Waals surface area contributed by atoms with Gasteiger partial charge < -0.3 is 10.2 Å². The second-order valence-electron chi connectivity index (χ2n) is 8.57. The van der Waals surface area contributed by atoms with Crippen LogP contribution in [0.5, 0.6) is 0 Å². The van der Waals surface area contributed by atoms with E-state index in [0.717, 1.165) is 62.9 Å². The molecule has 0 unspecified atom stereocenters. The van der Waals surface area contributed by atoms with Crippen molar-refractivity contribution in [2.45, 2.75) is 62.2 Å². The Morgan fingerprint density at radius 1 is 0.958 bits per heavy atom. The van der Waals surface area contributed by atoms with Gasteiger partial charge in [-0.25, -0.2) is 0 Å². The molecular formula is C18H26Cl2N2O2. The first-order valence-corrected chi connectivity index (χ1v) is 10.2. The summed E-state index contributed by atoms with van der Waals surface area (Å²) in [4.78, 5) is 25.9. The average molecular weight is 373 g/mol. The Morgan fingerprint density at radius 3 is 1.92 bits per heavy atom. The van der Waals surface area contributed by atoms with E-state index < -0.39 is 4.84 Å². The number of halogens is 2. The highest BCUT2D eigenvalue weighted by molar-refractivity contribution is 6.53. The summed E-state index contributed by atoms with van der Waals surface area (Å²) in [5, 5.41) is 2.87. The summed E-state index contributed by atoms with van der Waals surface area (Å²) < 4.78 is 0. The number of likely N-dealkylation sites (tertiary alicyclic amines) is 1. The highest BCUT2D eigenvalue weighted by Crippen LogP contribution is 2.60. The molecule has 24 heavy (non-hydrogen) atoms. The van der Waals surface area contributed by atoms with E-state index in [4.69, 9.17) is 23.2 Å². The maximum absolute atomic E-state index is 13.3. The molecule has 5 fully saturated rings. The molecule has 1 saturated heterocycles. The molecule has 4 bridgehead atoms. The van der Waals surface area contributed by atoms with Crippen LogP contribution < -0.4 is 5.32 Å². The van der Waals surface area contributed by atoms with Gasteiger partial charge in [-0.3, -0.25) is 9.59 Å². The van der Waals surface area contributed by atoms with Gasteiger partial charge in [-0.15, -0.1) is 0 Å². The number of nitrogens with zero attached hydrogens (tertiary/aromatic N) is 1. The Hall–Kier alpha value is -0.480. The zero-order valence-electron chi connectivity index (χ0n) is 14.0. The number of nitrogens with one attached hydrogen (secondary N) is 1. The van der Waals surface area contributed by atoms with E-state index in [2.05, 4.69) is 10.2 Å². The lowest BCUT2D eigenvalue weighted by Gasteiger charge is -2.57. The van der Waals surface area contributed by atoms with Gasteiger partial charge in [0.15, 0.2) is 4.84 Å². The molecule has 4 aliphatic carbocycles. The standard InChI is InChI=1S/C18H26Cl2N2O2/c19-15(20)16(23)21-14-1-3-22(4-2-14)17(24)18-8-11-5-12(9-18)7-13(6-11)10-18/h11-15H,1-10H2,(H,21,23). The molecule has 0 aromatic rings. The zero-order valence-corrected chi connectivity index (χ0v) is 15.5. The van der Waals surface area contributed by atoms with Crippen molar-refractivity contribution in [2.75, 3.05) is 13.1 Å². The first kappa shape index (κ1) is 17.0. The molecule has 0 aromatic heterocycles. The zero-order chi connectivity index (χ0) is 16.9. The Morgan fingerprint density at radius 2 is 1.46 bits per heavy atom. The maximum Gasteiger partial charge on any atom is 0.253 e. The number of carbonyl (C=O) groups is 2. The molecular weight excluding hydrogens is 347 g/mol. The van der Waals surface area contributed by atoms with Gasteiger partial charge in [-0.2, -0.15) is 0 Å². The minimum atomic E-state index is -1.02. The number of alkyl halides is 2. The lowest BCUT2D eigenvalue weighted by molar-refractivity contribution is -0.158. The van der Waals surface area contributed by atoms with E-state index in [0.29, 0.717) is 5.91 Å². The molecule has 6 heteroatoms. The predicted molar refractivity (Wildman–Crippen MR) is 93.8 cm³/mol. The molecule has 0 spiro atoms. The van der Waals surface area contributed by atoms with Gasteiger partial charge in [0, 0.05) is 19.1 Å². The molecule has 0 radical (unpaired) electrons. The fourth-order valence-electron chi connectivity index (χ4n) is 6.20. The van der Waals surface area contributed by atoms with Crippen LogP contribution in [0.4, 0.5) is 0 Å². The number of hydrogen-bond acceptors (Lipinski definition) is 2. The third-order valence-corrected chi connectivity index (χ3v) is 7.22. The lowest BCUT2D eigenvalue weighted by Crippen LogP contribution is -2.57. The number of carbonyl (C=O) groups excluding carboxylic acids is 2. The molecule has 1 heterocycles. The molecule has 1 N–H and O–H groups in total. The van der Waals surface area contributed by atoms with Crippen molar-refractivity contribution in [1.29, 1.82) is 0 Å². The van der Waals surface area contributed by atoms with E-state index in [1.165, 1.54) is 19.3 Å². The molecule has 0 atom stereocenters. The lowest BCUT2D eigenvalue weighted by atomic mass is 9.49. The summed E-state index contributed by atoms with van der Waals surface area (Å²) >= 11 is 11.2. The SMILES string of the molecule is O=C(NC1CCN(C(=O)C23CC4CC(CC(C4)C2)C3)CC1)C(Cl)Cl. The third-order valence-electron chi connectivity index (χ3n) is 6.82. The van der Waals surface area contributed by atoms with Gasteiger partial charge in [-0.1, -0.05) is 23.2 Å². The predicted octanol–water partition coefficient (Wildman–Crippen LogP) is 3.11. The Balaban J connectivity index is 1.36. The van der Waals surface area contributed by atoms with E-state index in [1.54, 1.807) is 0 Å². The van der Waals surface area contributed by atoms with Crippen molar-refractivity contribution in [3.05, 3.63) is 0 Å². The van der Waals surface area contributed by atoms with Crippen LogP contribution in [-0.2, 0) is 9.59 Å². The highest BCUT2D eigenvalue weighted by atomic mass is 35.5. The molecule has 5 aliphatic rings. The number of piperidine rings is 1. The molecule has 134 valence electrons. The van der Waals surface area contributed by atoms with Gasteiger partial charge in [0.25, 0.3) is 5.91 Å². The van der Waals surface area contributed by atoms with Crippen LogP contribution in [0.15, 0.2) is 0 Å². The fraction of sp³-hybridized carbons (Fsp3) is 0.889. The molecule has 4 saturated carbocycles. The second kappa shape index (κ2) is 6.35. The van der Waals surface area contributed by atoms with Crippen molar-refractivity contribution in [3.63, 3.8) is 0 Å². The van der Waals surface area contributed by atoms with Crippen LogP contribution >= 0.6 is 23.2 Å². The van der Waals surface area contributed by atoms with Gasteiger partial charge in [0.05, 0.1) is 5.41 Å². The molecule has 5 rings (SSSR count). The van der Waals surface area contributed by atoms with Crippen LogP contribution in [0.2, 0.25) is 0 Å². The van der Waals surface area contributed by atoms with Crippen molar-refractivity contribution in [1.82, 2.24) is 10.2 Å². The topological polar surface area (TPSA) is 49.4 Å². The molecule has 1 aliphatic heterocycles. The van der Waals surface area contributed by atoms with E-state index in [-0.39, 0.29) is 17.4 Å². The van der Waals surface area contributed by atoms with Gasteiger partial charge in [0.2, 0.25) is 5.91 Å². The Labute approximate surface area is 153 Å². The minimum absolute atomic E-state index is 0.0534. The summed E-state index contributed by atoms with van der Waals surface area (Å²) in [7, 11) is 0. The van der Waals surface area contributed by atoms with Crippen molar-refractivity contribution in [2.24, 2.45) is 23.2 Å². The Bertz CT molecular complexity index is 494. The monoisotopic (exact) mass is 372 g/mol. The second-order valence-corrected chi connectivity index (χ2v) is 9.67. The van der Waals surface area contributed by atoms with Gasteiger partial charge in [-0.05, 0) is 69.1 Å². The highest BCUT2D eigenvalue weighted by Gasteiger charge is 2.55. The van der Waals surface area contributed by atoms with E-state index >= 15 is 0 Å². The van der Waals surface area contributed by atoms with Gasteiger partial charge in [0.1, 0.15) is 0 Å². The summed E-state index contributed by atoms with van der Waals surface area (Å²) in [5.74, 6) is 2.45. The van der Waals surface area contributed by atoms with Crippen molar-refractivity contribution >= 4 is 35.0 Å². The normalized spacial score (nSPS) is 38.6. The number of rotatable bonds is 3. The van der Waals surface area contributed by atoms with Crippen LogP contribution in [0, 0.1) is 23.2 Å². The summed E-state index contributed by atoms with van der Waals surface area (Å²) in [5.41, 5.74) is -0.0534. The third kappa shape index (κ3) is 3.05. The van der Waals surface area contributed by atoms with Crippen molar-refractivity contribution in [3.8, 4) is 0 Å². The number of amides is 2. The van der Waals surface area contributed by atoms with Crippen LogP contribution in [-0.4, -0.2) is 40.7 Å². The first-order valence-electron chi connectivity index (χ1n) is 9.33. The quantitative estimate of drug-likeness (QED) is 0.773. The summed E-state index contributed by atoms with van der Waals surface area (Å²) in [6, 6.07) is 0.0814. The maximum atomic E-state index is 13.3. The number of hydrogen-bond donors (Lipinski definition) is 1. The average Bonchev–Trinajstić information content (AvgIpc) is 2.53. The van der Waals surface area contributed by atoms with E-state index in [1.807, 2.05) is 0 Å². The molecule has 4 nitrogen and oxygen atoms in total. The summed E-state index contributed by atoms with van der Waals surface area (Å²) in [6.07, 6.45) is 9.03. The van der Waals surface area contributed by atoms with Crippen molar-refractivity contribution < 1.29 is 9.59 Å². The largest absolute Gasteiger partial charge is 0.351 e. The van der Waals surface area contributed by atoms with Crippen LogP contribution in [0.3, 0.4) is 0 Å². The van der Waals surface area contributed by atoms with Gasteiger partial charge >= 0.3 is 0 Å². The van der Waals surface area contributed by atoms with Crippen LogP contribution in [0.1, 0.15) is 51.4 Å². The minimum Gasteiger partial charge on any atom is -0.351 e. The molecule has 0 aromatic carbocycles.